The molecular formula is C15H22N2. The number of pyridine rings is 1. The summed E-state index contributed by atoms with van der Waals surface area (Å²) in [5, 5.41) is 0. The van der Waals surface area contributed by atoms with E-state index in [0.29, 0.717) is 5.41 Å². The summed E-state index contributed by atoms with van der Waals surface area (Å²) in [7, 11) is 0. The molecule has 1 aliphatic heterocycles. The fourth-order valence-electron chi connectivity index (χ4n) is 3.67. The number of hydrogen-bond donors (Lipinski definition) is 0. The van der Waals surface area contributed by atoms with Gasteiger partial charge in [0.2, 0.25) is 0 Å². The number of nitrogens with zero attached hydrogens (tertiary/aromatic N) is 2. The van der Waals surface area contributed by atoms with E-state index in [2.05, 4.69) is 42.8 Å². The van der Waals surface area contributed by atoms with Gasteiger partial charge < -0.3 is 4.90 Å². The minimum absolute atomic E-state index is 0.493. The third-order valence-corrected chi connectivity index (χ3v) is 4.45. The number of aromatic nitrogens is 1. The molecule has 1 saturated heterocycles. The number of hydrogen-bond acceptors (Lipinski definition) is 2. The van der Waals surface area contributed by atoms with Crippen LogP contribution >= 0.6 is 0 Å². The summed E-state index contributed by atoms with van der Waals surface area (Å²) < 4.78 is 0. The lowest BCUT2D eigenvalue weighted by molar-refractivity contribution is 0.309. The second-order valence-corrected chi connectivity index (χ2v) is 6.78. The highest BCUT2D eigenvalue weighted by molar-refractivity contribution is 5.47. The van der Waals surface area contributed by atoms with Crippen molar-refractivity contribution in [3.8, 4) is 0 Å². The van der Waals surface area contributed by atoms with E-state index in [1.165, 1.54) is 18.8 Å². The minimum Gasteiger partial charge on any atom is -0.370 e. The van der Waals surface area contributed by atoms with Gasteiger partial charge >= 0.3 is 0 Å². The molecule has 2 heterocycles. The summed E-state index contributed by atoms with van der Waals surface area (Å²) >= 11 is 0. The van der Waals surface area contributed by atoms with E-state index in [0.717, 1.165) is 23.4 Å². The monoisotopic (exact) mass is 230 g/mol. The molecule has 2 atom stereocenters. The van der Waals surface area contributed by atoms with Crippen molar-refractivity contribution in [3.05, 3.63) is 24.0 Å². The molecule has 17 heavy (non-hydrogen) atoms. The Hall–Kier alpha value is -1.05. The molecule has 2 fully saturated rings. The Bertz CT molecular complexity index is 404. The Labute approximate surface area is 104 Å². The molecule has 1 aromatic heterocycles. The average molecular weight is 230 g/mol. The molecule has 2 nitrogen and oxygen atoms in total. The highest BCUT2D eigenvalue weighted by Crippen LogP contribution is 2.60. The molecule has 1 aromatic rings. The lowest BCUT2D eigenvalue weighted by Crippen LogP contribution is -2.27. The Morgan fingerprint density at radius 2 is 1.82 bits per heavy atom. The van der Waals surface area contributed by atoms with Crippen molar-refractivity contribution in [3.63, 3.8) is 0 Å². The molecule has 0 radical (unpaired) electrons. The van der Waals surface area contributed by atoms with Crippen LogP contribution < -0.4 is 4.90 Å². The quantitative estimate of drug-likeness (QED) is 0.737. The van der Waals surface area contributed by atoms with E-state index >= 15 is 0 Å². The molecule has 92 valence electrons. The van der Waals surface area contributed by atoms with Gasteiger partial charge in [0.25, 0.3) is 0 Å². The standard InChI is InChI=1S/C15H22N2/c1-10-5-6-11(7-16-10)17-8-12-13(9-17)14(12)15(2,3)4/h5-7,12-14H,8-9H2,1-4H3. The largest absolute Gasteiger partial charge is 0.370 e. The van der Waals surface area contributed by atoms with Gasteiger partial charge in [-0.05, 0) is 42.2 Å². The summed E-state index contributed by atoms with van der Waals surface area (Å²) in [5.74, 6) is 2.80. The first kappa shape index (κ1) is 11.1. The number of anilines is 1. The van der Waals surface area contributed by atoms with E-state index in [1.54, 1.807) is 0 Å². The number of fused-ring (bicyclic) bond motifs is 1. The lowest BCUT2D eigenvalue weighted by atomic mass is 9.87. The van der Waals surface area contributed by atoms with Crippen molar-refractivity contribution in [2.24, 2.45) is 23.2 Å². The molecule has 2 aliphatic rings. The summed E-state index contributed by atoms with van der Waals surface area (Å²) in [6.45, 7) is 11.7. The van der Waals surface area contributed by atoms with Gasteiger partial charge in [0.05, 0.1) is 11.9 Å². The van der Waals surface area contributed by atoms with Gasteiger partial charge in [-0.3, -0.25) is 4.98 Å². The van der Waals surface area contributed by atoms with Gasteiger partial charge in [0.15, 0.2) is 0 Å². The third kappa shape index (κ3) is 1.84. The first-order chi connectivity index (χ1) is 7.97. The van der Waals surface area contributed by atoms with E-state index in [1.807, 2.05) is 13.1 Å². The smallest absolute Gasteiger partial charge is 0.0553 e. The maximum Gasteiger partial charge on any atom is 0.0553 e. The van der Waals surface area contributed by atoms with Crippen LogP contribution in [-0.2, 0) is 0 Å². The zero-order chi connectivity index (χ0) is 12.2. The van der Waals surface area contributed by atoms with Crippen molar-refractivity contribution < 1.29 is 0 Å². The van der Waals surface area contributed by atoms with Crippen LogP contribution in [-0.4, -0.2) is 18.1 Å². The molecule has 3 rings (SSSR count). The zero-order valence-electron chi connectivity index (χ0n) is 11.3. The van der Waals surface area contributed by atoms with Gasteiger partial charge in [-0.15, -0.1) is 0 Å². The number of rotatable bonds is 1. The van der Waals surface area contributed by atoms with Crippen molar-refractivity contribution >= 4 is 5.69 Å². The van der Waals surface area contributed by atoms with E-state index in [4.69, 9.17) is 0 Å². The van der Waals surface area contributed by atoms with Crippen LogP contribution in [0.1, 0.15) is 26.5 Å². The molecule has 1 aliphatic carbocycles. The second kappa shape index (κ2) is 3.47. The van der Waals surface area contributed by atoms with Gasteiger partial charge in [0.1, 0.15) is 0 Å². The molecule has 0 N–H and O–H groups in total. The van der Waals surface area contributed by atoms with Crippen LogP contribution in [0.5, 0.6) is 0 Å². The second-order valence-electron chi connectivity index (χ2n) is 6.78. The topological polar surface area (TPSA) is 16.1 Å². The van der Waals surface area contributed by atoms with Crippen LogP contribution in [0.2, 0.25) is 0 Å². The van der Waals surface area contributed by atoms with Crippen molar-refractivity contribution in [2.75, 3.05) is 18.0 Å². The fraction of sp³-hybridized carbons (Fsp3) is 0.667. The molecule has 0 spiro atoms. The fourth-order valence-corrected chi connectivity index (χ4v) is 3.67. The first-order valence-corrected chi connectivity index (χ1v) is 6.64. The van der Waals surface area contributed by atoms with Crippen LogP contribution in [0.15, 0.2) is 18.3 Å². The minimum atomic E-state index is 0.493. The molecular weight excluding hydrogens is 208 g/mol. The van der Waals surface area contributed by atoms with Crippen molar-refractivity contribution in [2.45, 2.75) is 27.7 Å². The lowest BCUT2D eigenvalue weighted by Gasteiger charge is -2.26. The molecule has 1 saturated carbocycles. The average Bonchev–Trinajstić information content (AvgIpc) is 2.78. The molecule has 0 aromatic carbocycles. The predicted octanol–water partition coefficient (Wildman–Crippen LogP) is 3.12. The summed E-state index contributed by atoms with van der Waals surface area (Å²) in [4.78, 5) is 6.89. The van der Waals surface area contributed by atoms with Gasteiger partial charge in [0, 0.05) is 18.8 Å². The molecule has 2 unspecified atom stereocenters. The Balaban J connectivity index is 1.67. The van der Waals surface area contributed by atoms with Crippen molar-refractivity contribution in [1.29, 1.82) is 0 Å². The van der Waals surface area contributed by atoms with Gasteiger partial charge in [-0.1, -0.05) is 20.8 Å². The summed E-state index contributed by atoms with van der Waals surface area (Å²) in [6.07, 6.45) is 2.02. The third-order valence-electron chi connectivity index (χ3n) is 4.45. The van der Waals surface area contributed by atoms with Crippen LogP contribution in [0, 0.1) is 30.1 Å². The van der Waals surface area contributed by atoms with Gasteiger partial charge in [-0.2, -0.15) is 0 Å². The Kier molecular flexibility index (Phi) is 2.26. The molecule has 2 heteroatoms. The predicted molar refractivity (Wildman–Crippen MR) is 71.1 cm³/mol. The van der Waals surface area contributed by atoms with Crippen LogP contribution in [0.3, 0.4) is 0 Å². The Morgan fingerprint density at radius 1 is 1.18 bits per heavy atom. The van der Waals surface area contributed by atoms with Crippen molar-refractivity contribution in [1.82, 2.24) is 4.98 Å². The molecule has 0 bridgehead atoms. The van der Waals surface area contributed by atoms with E-state index in [9.17, 15) is 0 Å². The maximum atomic E-state index is 4.39. The first-order valence-electron chi connectivity index (χ1n) is 6.64. The van der Waals surface area contributed by atoms with E-state index in [-0.39, 0.29) is 0 Å². The summed E-state index contributed by atoms with van der Waals surface area (Å²) in [5.41, 5.74) is 2.90. The Morgan fingerprint density at radius 3 is 2.29 bits per heavy atom. The zero-order valence-corrected chi connectivity index (χ0v) is 11.3. The highest BCUT2D eigenvalue weighted by atomic mass is 15.2. The number of piperidine rings is 1. The number of aryl methyl sites for hydroxylation is 1. The highest BCUT2D eigenvalue weighted by Gasteiger charge is 2.59. The maximum absolute atomic E-state index is 4.39. The molecule has 0 amide bonds. The SMILES string of the molecule is Cc1ccc(N2CC3C(C2)C3C(C)(C)C)cn1. The van der Waals surface area contributed by atoms with Crippen LogP contribution in [0.4, 0.5) is 5.69 Å². The van der Waals surface area contributed by atoms with Crippen LogP contribution in [0.25, 0.3) is 0 Å². The summed E-state index contributed by atoms with van der Waals surface area (Å²) in [6, 6.07) is 4.32. The normalized spacial score (nSPS) is 31.5. The van der Waals surface area contributed by atoms with E-state index < -0.39 is 0 Å². The van der Waals surface area contributed by atoms with Gasteiger partial charge in [-0.25, -0.2) is 0 Å².